The molecule has 0 aliphatic heterocycles. The molecule has 0 unspecified atom stereocenters. The lowest BCUT2D eigenvalue weighted by Crippen LogP contribution is -2.17. The first-order valence-electron chi connectivity index (χ1n) is 5.52. The zero-order valence-corrected chi connectivity index (χ0v) is 11.0. The van der Waals surface area contributed by atoms with Crippen molar-refractivity contribution in [3.8, 4) is 0 Å². The third-order valence-electron chi connectivity index (χ3n) is 2.57. The summed E-state index contributed by atoms with van der Waals surface area (Å²) in [6.45, 7) is 3.40. The molecular formula is C12H13NO4S. The zero-order valence-electron chi connectivity index (χ0n) is 10.1. The molecule has 2 aromatic rings. The van der Waals surface area contributed by atoms with Crippen molar-refractivity contribution in [2.75, 3.05) is 11.5 Å². The first-order chi connectivity index (χ1) is 8.41. The van der Waals surface area contributed by atoms with Crippen LogP contribution in [-0.2, 0) is 9.84 Å². The molecule has 0 radical (unpaired) electrons. The van der Waals surface area contributed by atoms with Crippen LogP contribution in [0.3, 0.4) is 0 Å². The number of aromatic nitrogens is 1. The van der Waals surface area contributed by atoms with E-state index >= 15 is 0 Å². The van der Waals surface area contributed by atoms with E-state index in [4.69, 9.17) is 4.42 Å². The Balaban J connectivity index is 2.34. The number of aryl methyl sites for hydroxylation is 1. The molecule has 0 saturated heterocycles. The van der Waals surface area contributed by atoms with E-state index in [0.717, 1.165) is 5.56 Å². The van der Waals surface area contributed by atoms with E-state index in [1.165, 1.54) is 6.92 Å². The summed E-state index contributed by atoms with van der Waals surface area (Å²) >= 11 is 0. The van der Waals surface area contributed by atoms with Gasteiger partial charge in [0.15, 0.2) is 15.4 Å². The summed E-state index contributed by atoms with van der Waals surface area (Å²) in [6.07, 6.45) is 0. The molecule has 0 spiro atoms. The first kappa shape index (κ1) is 12.8. The van der Waals surface area contributed by atoms with Crippen LogP contribution < -0.4 is 0 Å². The first-order valence-corrected chi connectivity index (χ1v) is 7.34. The minimum atomic E-state index is -3.36. The maximum atomic E-state index is 11.7. The van der Waals surface area contributed by atoms with Crippen molar-refractivity contribution in [3.63, 3.8) is 0 Å². The van der Waals surface area contributed by atoms with Gasteiger partial charge in [-0.1, -0.05) is 13.0 Å². The molecule has 0 fully saturated rings. The number of Topliss-reactive ketones (excluding diaryl/α,β-unsaturated/α-hetero) is 1. The third kappa shape index (κ3) is 2.59. The van der Waals surface area contributed by atoms with Gasteiger partial charge >= 0.3 is 0 Å². The lowest BCUT2D eigenvalue weighted by atomic mass is 10.2. The number of ketones is 1. The fourth-order valence-electron chi connectivity index (χ4n) is 1.52. The van der Waals surface area contributed by atoms with Crippen LogP contribution in [0.2, 0.25) is 0 Å². The highest BCUT2D eigenvalue weighted by Gasteiger charge is 2.20. The Morgan fingerprint density at radius 3 is 2.78 bits per heavy atom. The van der Waals surface area contributed by atoms with Crippen LogP contribution in [0, 0.1) is 6.92 Å². The summed E-state index contributed by atoms with van der Waals surface area (Å²) in [5.41, 5.74) is 2.04. The van der Waals surface area contributed by atoms with Crippen molar-refractivity contribution in [3.05, 3.63) is 29.7 Å². The molecule has 0 atom stereocenters. The smallest absolute Gasteiger partial charge is 0.265 e. The van der Waals surface area contributed by atoms with Gasteiger partial charge in [0.2, 0.25) is 5.78 Å². The lowest BCUT2D eigenvalue weighted by Gasteiger charge is -1.96. The van der Waals surface area contributed by atoms with Crippen molar-refractivity contribution in [2.24, 2.45) is 0 Å². The van der Waals surface area contributed by atoms with Gasteiger partial charge in [-0.15, -0.1) is 0 Å². The Kier molecular flexibility index (Phi) is 3.21. The van der Waals surface area contributed by atoms with Gasteiger partial charge in [-0.25, -0.2) is 13.4 Å². The second-order valence-corrected chi connectivity index (χ2v) is 6.44. The van der Waals surface area contributed by atoms with E-state index in [-0.39, 0.29) is 11.6 Å². The van der Waals surface area contributed by atoms with Crippen molar-refractivity contribution in [2.45, 2.75) is 13.8 Å². The number of carbonyl (C=O) groups is 1. The van der Waals surface area contributed by atoms with E-state index in [2.05, 4.69) is 4.98 Å². The summed E-state index contributed by atoms with van der Waals surface area (Å²) in [5, 5.41) is 0. The third-order valence-corrected chi connectivity index (χ3v) is 4.15. The minimum absolute atomic E-state index is 0.0714. The number of sulfone groups is 1. The molecule has 0 amide bonds. The van der Waals surface area contributed by atoms with Crippen LogP contribution in [0.5, 0.6) is 0 Å². The van der Waals surface area contributed by atoms with E-state index in [1.807, 2.05) is 13.0 Å². The zero-order chi connectivity index (χ0) is 13.3. The predicted octanol–water partition coefficient (Wildman–Crippen LogP) is 1.75. The second-order valence-electron chi connectivity index (χ2n) is 4.09. The Hall–Kier alpha value is -1.69. The monoisotopic (exact) mass is 267 g/mol. The normalized spacial score (nSPS) is 11.9. The van der Waals surface area contributed by atoms with Crippen LogP contribution in [-0.4, -0.2) is 30.7 Å². The van der Waals surface area contributed by atoms with Gasteiger partial charge < -0.3 is 4.42 Å². The molecule has 0 aliphatic rings. The second kappa shape index (κ2) is 4.53. The summed E-state index contributed by atoms with van der Waals surface area (Å²) < 4.78 is 28.0. The van der Waals surface area contributed by atoms with Gasteiger partial charge in [-0.2, -0.15) is 0 Å². The number of oxazole rings is 1. The molecule has 5 nitrogen and oxygen atoms in total. The number of hydrogen-bond donors (Lipinski definition) is 0. The van der Waals surface area contributed by atoms with Gasteiger partial charge in [-0.05, 0) is 24.6 Å². The molecule has 2 rings (SSSR count). The fraction of sp³-hybridized carbons (Fsp3) is 0.333. The van der Waals surface area contributed by atoms with Crippen LogP contribution >= 0.6 is 0 Å². The predicted molar refractivity (Wildman–Crippen MR) is 67.4 cm³/mol. The minimum Gasteiger partial charge on any atom is -0.434 e. The molecule has 6 heteroatoms. The Morgan fingerprint density at radius 1 is 1.39 bits per heavy atom. The van der Waals surface area contributed by atoms with Crippen LogP contribution in [0.15, 0.2) is 22.6 Å². The highest BCUT2D eigenvalue weighted by Crippen LogP contribution is 2.17. The van der Waals surface area contributed by atoms with Crippen molar-refractivity contribution in [1.82, 2.24) is 4.98 Å². The highest BCUT2D eigenvalue weighted by molar-refractivity contribution is 7.92. The maximum Gasteiger partial charge on any atom is 0.265 e. The van der Waals surface area contributed by atoms with Gasteiger partial charge in [0.05, 0.1) is 0 Å². The average molecular weight is 267 g/mol. The summed E-state index contributed by atoms with van der Waals surface area (Å²) in [4.78, 5) is 15.7. The average Bonchev–Trinajstić information content (AvgIpc) is 2.71. The molecule has 0 bridgehead atoms. The van der Waals surface area contributed by atoms with E-state index in [1.54, 1.807) is 12.1 Å². The summed E-state index contributed by atoms with van der Waals surface area (Å²) in [5.74, 6) is -1.38. The molecule has 96 valence electrons. The number of rotatable bonds is 4. The maximum absolute atomic E-state index is 11.7. The van der Waals surface area contributed by atoms with Crippen molar-refractivity contribution >= 4 is 26.7 Å². The van der Waals surface area contributed by atoms with Gasteiger partial charge in [0, 0.05) is 5.75 Å². The Labute approximate surface area is 105 Å². The number of carbonyl (C=O) groups excluding carboxylic acids is 1. The summed E-state index contributed by atoms with van der Waals surface area (Å²) in [6, 6.07) is 5.33. The van der Waals surface area contributed by atoms with Crippen molar-refractivity contribution in [1.29, 1.82) is 0 Å². The van der Waals surface area contributed by atoms with Gasteiger partial charge in [0.1, 0.15) is 11.3 Å². The standard InChI is InChI=1S/C12H13NO4S/c1-3-18(15,16)7-10(14)12-13-9-6-8(2)4-5-11(9)17-12/h4-6H,3,7H2,1-2H3. The van der Waals surface area contributed by atoms with Crippen LogP contribution in [0.4, 0.5) is 0 Å². The number of benzene rings is 1. The van der Waals surface area contributed by atoms with Gasteiger partial charge in [-0.3, -0.25) is 4.79 Å². The van der Waals surface area contributed by atoms with E-state index in [0.29, 0.717) is 11.1 Å². The molecule has 0 saturated carbocycles. The number of nitrogens with zero attached hydrogens (tertiary/aromatic N) is 1. The molecule has 18 heavy (non-hydrogen) atoms. The van der Waals surface area contributed by atoms with E-state index in [9.17, 15) is 13.2 Å². The van der Waals surface area contributed by atoms with Crippen molar-refractivity contribution < 1.29 is 17.6 Å². The molecule has 1 aromatic carbocycles. The SMILES string of the molecule is CCS(=O)(=O)CC(=O)c1nc2cc(C)ccc2o1. The number of fused-ring (bicyclic) bond motifs is 1. The molecular weight excluding hydrogens is 254 g/mol. The highest BCUT2D eigenvalue weighted by atomic mass is 32.2. The number of hydrogen-bond acceptors (Lipinski definition) is 5. The van der Waals surface area contributed by atoms with E-state index < -0.39 is 21.4 Å². The summed E-state index contributed by atoms with van der Waals surface area (Å²) in [7, 11) is -3.36. The molecule has 0 N–H and O–H groups in total. The molecule has 1 heterocycles. The van der Waals surface area contributed by atoms with Gasteiger partial charge in [0.25, 0.3) is 5.89 Å². The quantitative estimate of drug-likeness (QED) is 0.789. The lowest BCUT2D eigenvalue weighted by molar-refractivity contribution is 0.0986. The Morgan fingerprint density at radius 2 is 2.11 bits per heavy atom. The molecule has 1 aromatic heterocycles. The molecule has 0 aliphatic carbocycles. The fourth-order valence-corrected chi connectivity index (χ4v) is 2.25. The Bertz CT molecular complexity index is 700. The van der Waals surface area contributed by atoms with Crippen LogP contribution in [0.25, 0.3) is 11.1 Å². The topological polar surface area (TPSA) is 77.2 Å². The van der Waals surface area contributed by atoms with Crippen LogP contribution in [0.1, 0.15) is 23.2 Å². The largest absolute Gasteiger partial charge is 0.434 e.